The van der Waals surface area contributed by atoms with Gasteiger partial charge in [-0.3, -0.25) is 4.79 Å². The van der Waals surface area contributed by atoms with E-state index in [1.54, 1.807) is 0 Å². The highest BCUT2D eigenvalue weighted by Gasteiger charge is 2.57. The first kappa shape index (κ1) is 19.9. The third-order valence-corrected chi connectivity index (χ3v) is 8.45. The van der Waals surface area contributed by atoms with Crippen molar-refractivity contribution in [1.29, 1.82) is 0 Å². The molecule has 154 valence electrons. The molecule has 0 spiro atoms. The molecule has 0 radical (unpaired) electrons. The predicted octanol–water partition coefficient (Wildman–Crippen LogP) is 5.91. The summed E-state index contributed by atoms with van der Waals surface area (Å²) >= 11 is 0. The van der Waals surface area contributed by atoms with Gasteiger partial charge in [0.2, 0.25) is 0 Å². The Bertz CT molecular complexity index is 712. The first-order valence-corrected chi connectivity index (χ1v) is 11.1. The van der Waals surface area contributed by atoms with E-state index in [-0.39, 0.29) is 34.4 Å². The Labute approximate surface area is 170 Å². The maximum Gasteiger partial charge on any atom is 0.306 e. The number of hydrogen-bond acceptors (Lipinski definition) is 3. The van der Waals surface area contributed by atoms with E-state index in [0.29, 0.717) is 18.9 Å². The molecule has 1 aromatic rings. The van der Waals surface area contributed by atoms with Gasteiger partial charge >= 0.3 is 5.97 Å². The Hall–Kier alpha value is -1.35. The molecule has 1 aliphatic heterocycles. The van der Waals surface area contributed by atoms with Gasteiger partial charge in [-0.2, -0.15) is 0 Å². The lowest BCUT2D eigenvalue weighted by Crippen LogP contribution is -2.51. The smallest absolute Gasteiger partial charge is 0.306 e. The van der Waals surface area contributed by atoms with Crippen LogP contribution in [0.3, 0.4) is 0 Å². The Morgan fingerprint density at radius 1 is 1.00 bits per heavy atom. The SMILES string of the molecule is CC1(C)[C@H](OCc2ccccc2)CC[C@]2(C)C[C@@H]3OC(=O)CC[C@@]3(C)CC[C@@H]12. The third-order valence-electron chi connectivity index (χ3n) is 8.45. The van der Waals surface area contributed by atoms with Crippen LogP contribution in [0.15, 0.2) is 30.3 Å². The van der Waals surface area contributed by atoms with E-state index in [1.165, 1.54) is 12.0 Å². The Kier molecular flexibility index (Phi) is 5.10. The number of hydrogen-bond donors (Lipinski definition) is 0. The van der Waals surface area contributed by atoms with E-state index < -0.39 is 0 Å². The van der Waals surface area contributed by atoms with Crippen LogP contribution >= 0.6 is 0 Å². The lowest BCUT2D eigenvalue weighted by Gasteiger charge is -2.54. The van der Waals surface area contributed by atoms with Gasteiger partial charge in [-0.05, 0) is 60.8 Å². The van der Waals surface area contributed by atoms with Gasteiger partial charge in [0.1, 0.15) is 6.10 Å². The molecule has 0 amide bonds. The molecular weight excluding hydrogens is 348 g/mol. The zero-order valence-corrected chi connectivity index (χ0v) is 18.0. The number of carbonyl (C=O) groups is 1. The lowest BCUT2D eigenvalue weighted by atomic mass is 9.53. The van der Waals surface area contributed by atoms with E-state index in [9.17, 15) is 4.79 Å². The fraction of sp³-hybridized carbons (Fsp3) is 0.720. The second kappa shape index (κ2) is 7.16. The molecule has 4 rings (SSSR count). The third kappa shape index (κ3) is 3.51. The quantitative estimate of drug-likeness (QED) is 0.608. The molecule has 2 aliphatic carbocycles. The summed E-state index contributed by atoms with van der Waals surface area (Å²) in [5, 5.41) is 0. The summed E-state index contributed by atoms with van der Waals surface area (Å²) in [6.07, 6.45) is 7.54. The summed E-state index contributed by atoms with van der Waals surface area (Å²) in [6.45, 7) is 10.3. The maximum absolute atomic E-state index is 12.0. The fourth-order valence-corrected chi connectivity index (χ4v) is 6.54. The summed E-state index contributed by atoms with van der Waals surface area (Å²) in [5.74, 6) is 0.597. The summed E-state index contributed by atoms with van der Waals surface area (Å²) in [4.78, 5) is 12.0. The van der Waals surface area contributed by atoms with Gasteiger partial charge in [-0.25, -0.2) is 0 Å². The number of ether oxygens (including phenoxy) is 2. The fourth-order valence-electron chi connectivity index (χ4n) is 6.54. The van der Waals surface area contributed by atoms with Crippen LogP contribution in [0.5, 0.6) is 0 Å². The van der Waals surface area contributed by atoms with Crippen LogP contribution < -0.4 is 0 Å². The minimum Gasteiger partial charge on any atom is -0.462 e. The summed E-state index contributed by atoms with van der Waals surface area (Å²) in [6, 6.07) is 10.5. The van der Waals surface area contributed by atoms with E-state index in [4.69, 9.17) is 9.47 Å². The minimum absolute atomic E-state index is 0.00339. The van der Waals surface area contributed by atoms with Gasteiger partial charge in [0.25, 0.3) is 0 Å². The van der Waals surface area contributed by atoms with Gasteiger partial charge in [-0.1, -0.05) is 58.0 Å². The topological polar surface area (TPSA) is 35.5 Å². The van der Waals surface area contributed by atoms with Crippen LogP contribution in [-0.2, 0) is 20.9 Å². The predicted molar refractivity (Wildman–Crippen MR) is 111 cm³/mol. The maximum atomic E-state index is 12.0. The van der Waals surface area contributed by atoms with Gasteiger partial charge in [0, 0.05) is 11.8 Å². The van der Waals surface area contributed by atoms with Gasteiger partial charge in [0.05, 0.1) is 12.7 Å². The second-order valence-corrected chi connectivity index (χ2v) is 10.7. The van der Waals surface area contributed by atoms with Crippen molar-refractivity contribution in [3.8, 4) is 0 Å². The minimum atomic E-state index is 0.00339. The highest BCUT2D eigenvalue weighted by atomic mass is 16.5. The van der Waals surface area contributed by atoms with Crippen LogP contribution in [0.25, 0.3) is 0 Å². The highest BCUT2D eigenvalue weighted by molar-refractivity contribution is 5.70. The number of rotatable bonds is 3. The normalized spacial score (nSPS) is 40.0. The van der Waals surface area contributed by atoms with Crippen molar-refractivity contribution < 1.29 is 14.3 Å². The van der Waals surface area contributed by atoms with Crippen molar-refractivity contribution in [2.45, 2.75) is 91.5 Å². The Balaban J connectivity index is 1.53. The first-order chi connectivity index (χ1) is 13.2. The van der Waals surface area contributed by atoms with Crippen molar-refractivity contribution in [3.63, 3.8) is 0 Å². The number of benzene rings is 1. The molecule has 3 aliphatic rings. The molecule has 3 heteroatoms. The molecular formula is C25H36O3. The second-order valence-electron chi connectivity index (χ2n) is 10.7. The summed E-state index contributed by atoms with van der Waals surface area (Å²) in [5.41, 5.74) is 1.73. The molecule has 0 N–H and O–H groups in total. The summed E-state index contributed by atoms with van der Waals surface area (Å²) in [7, 11) is 0. The van der Waals surface area contributed by atoms with Crippen LogP contribution in [0.4, 0.5) is 0 Å². The van der Waals surface area contributed by atoms with Gasteiger partial charge in [-0.15, -0.1) is 0 Å². The standard InChI is InChI=1S/C25H36O3/c1-23(2)19-10-13-24(3)15-12-22(26)28-21(24)16-25(19,4)14-11-20(23)27-17-18-8-6-5-7-9-18/h5-9,19-21H,10-17H2,1-4H3/t19-,20+,21-,24+,25+/m0/s1. The summed E-state index contributed by atoms with van der Waals surface area (Å²) < 4.78 is 12.4. The monoisotopic (exact) mass is 384 g/mol. The van der Waals surface area contributed by atoms with E-state index >= 15 is 0 Å². The van der Waals surface area contributed by atoms with Crippen molar-refractivity contribution in [1.82, 2.24) is 0 Å². The van der Waals surface area contributed by atoms with Crippen LogP contribution in [-0.4, -0.2) is 18.2 Å². The van der Waals surface area contributed by atoms with E-state index in [0.717, 1.165) is 32.1 Å². The zero-order chi connectivity index (χ0) is 20.0. The van der Waals surface area contributed by atoms with Gasteiger partial charge < -0.3 is 9.47 Å². The molecule has 0 unspecified atom stereocenters. The molecule has 1 heterocycles. The van der Waals surface area contributed by atoms with Crippen LogP contribution in [0.2, 0.25) is 0 Å². The van der Waals surface area contributed by atoms with Crippen molar-refractivity contribution in [2.24, 2.45) is 22.2 Å². The van der Waals surface area contributed by atoms with Crippen molar-refractivity contribution in [3.05, 3.63) is 35.9 Å². The van der Waals surface area contributed by atoms with E-state index in [2.05, 4.69) is 58.0 Å². The molecule has 3 nitrogen and oxygen atoms in total. The average Bonchev–Trinajstić information content (AvgIpc) is 2.76. The number of fused-ring (bicyclic) bond motifs is 2. The first-order valence-electron chi connectivity index (χ1n) is 11.1. The molecule has 2 saturated carbocycles. The molecule has 0 aromatic heterocycles. The Morgan fingerprint density at radius 3 is 2.46 bits per heavy atom. The lowest BCUT2D eigenvalue weighted by molar-refractivity contribution is -0.171. The molecule has 28 heavy (non-hydrogen) atoms. The average molecular weight is 385 g/mol. The van der Waals surface area contributed by atoms with E-state index in [1.807, 2.05) is 0 Å². The highest BCUT2D eigenvalue weighted by Crippen LogP contribution is 2.61. The zero-order valence-electron chi connectivity index (χ0n) is 18.0. The Morgan fingerprint density at radius 2 is 1.71 bits per heavy atom. The number of esters is 1. The largest absolute Gasteiger partial charge is 0.462 e. The van der Waals surface area contributed by atoms with Crippen molar-refractivity contribution >= 4 is 5.97 Å². The molecule has 5 atom stereocenters. The molecule has 1 aromatic carbocycles. The van der Waals surface area contributed by atoms with Crippen molar-refractivity contribution in [2.75, 3.05) is 0 Å². The molecule has 0 bridgehead atoms. The number of carbonyl (C=O) groups excluding carboxylic acids is 1. The van der Waals surface area contributed by atoms with Crippen LogP contribution in [0.1, 0.15) is 78.2 Å². The van der Waals surface area contributed by atoms with Crippen LogP contribution in [0, 0.1) is 22.2 Å². The van der Waals surface area contributed by atoms with Gasteiger partial charge in [0.15, 0.2) is 0 Å². The molecule has 3 fully saturated rings. The molecule has 1 saturated heterocycles.